The second kappa shape index (κ2) is 10.9. The van der Waals surface area contributed by atoms with Crippen molar-refractivity contribution < 1.29 is 19.7 Å². The molecule has 0 aromatic carbocycles. The average Bonchev–Trinajstić information content (AvgIpc) is 2.58. The van der Waals surface area contributed by atoms with E-state index in [2.05, 4.69) is 39.8 Å². The number of rotatable bonds is 11. The van der Waals surface area contributed by atoms with E-state index in [4.69, 9.17) is 14.9 Å². The first kappa shape index (κ1) is 21.2. The van der Waals surface area contributed by atoms with Crippen LogP contribution in [0.15, 0.2) is 12.2 Å². The predicted octanol–water partition coefficient (Wildman–Crippen LogP) is 5.52. The molecule has 1 fully saturated rings. The molecule has 0 aliphatic carbocycles. The van der Waals surface area contributed by atoms with Gasteiger partial charge in [0.1, 0.15) is 11.7 Å². The molecule has 24 heavy (non-hydrogen) atoms. The molecule has 1 heterocycles. The molecule has 1 rings (SSSR count). The Morgan fingerprint density at radius 2 is 2.08 bits per heavy atom. The maximum absolute atomic E-state index is 11.0. The van der Waals surface area contributed by atoms with Gasteiger partial charge in [0.25, 0.3) is 0 Å². The molecule has 4 heteroatoms. The molecule has 140 valence electrons. The van der Waals surface area contributed by atoms with Gasteiger partial charge in [-0.05, 0) is 56.8 Å². The van der Waals surface area contributed by atoms with Gasteiger partial charge in [-0.2, -0.15) is 0 Å². The quantitative estimate of drug-likeness (QED) is 0.397. The molecule has 0 saturated carbocycles. The van der Waals surface area contributed by atoms with E-state index in [1.807, 2.05) is 0 Å². The Bertz CT molecular complexity index is 393. The maximum atomic E-state index is 11.0. The van der Waals surface area contributed by atoms with Gasteiger partial charge in [-0.15, -0.1) is 0 Å². The van der Waals surface area contributed by atoms with Gasteiger partial charge in [-0.25, -0.2) is 9.78 Å². The highest BCUT2D eigenvalue weighted by Crippen LogP contribution is 2.40. The molecule has 0 amide bonds. The van der Waals surface area contributed by atoms with E-state index >= 15 is 0 Å². The highest BCUT2D eigenvalue weighted by molar-refractivity contribution is 5.67. The van der Waals surface area contributed by atoms with Gasteiger partial charge in [0, 0.05) is 0 Å². The van der Waals surface area contributed by atoms with E-state index in [9.17, 15) is 4.79 Å². The Kier molecular flexibility index (Phi) is 9.60. The van der Waals surface area contributed by atoms with Gasteiger partial charge >= 0.3 is 5.97 Å². The van der Waals surface area contributed by atoms with Crippen LogP contribution in [-0.2, 0) is 14.6 Å². The second-order valence-corrected chi connectivity index (χ2v) is 7.12. The van der Waals surface area contributed by atoms with Crippen molar-refractivity contribution >= 4 is 5.97 Å². The summed E-state index contributed by atoms with van der Waals surface area (Å²) >= 11 is 0. The van der Waals surface area contributed by atoms with Crippen LogP contribution in [0.2, 0.25) is 0 Å². The summed E-state index contributed by atoms with van der Waals surface area (Å²) in [6.07, 6.45) is 12.6. The van der Waals surface area contributed by atoms with Crippen LogP contribution in [0.25, 0.3) is 0 Å². The molecular formula is C20H36O4. The molecule has 4 nitrogen and oxygen atoms in total. The molecule has 0 radical (unpaired) electrons. The van der Waals surface area contributed by atoms with E-state index < -0.39 is 5.97 Å². The molecule has 4 atom stereocenters. The van der Waals surface area contributed by atoms with Crippen LogP contribution in [0.4, 0.5) is 0 Å². The number of carboxylic acids is 1. The van der Waals surface area contributed by atoms with E-state index in [-0.39, 0.29) is 24.0 Å². The first-order valence-corrected chi connectivity index (χ1v) is 9.73. The summed E-state index contributed by atoms with van der Waals surface area (Å²) in [6, 6.07) is 0. The Morgan fingerprint density at radius 1 is 1.33 bits per heavy atom. The third-order valence-corrected chi connectivity index (χ3v) is 5.43. The Hall–Kier alpha value is -0.870. The van der Waals surface area contributed by atoms with Gasteiger partial charge < -0.3 is 5.11 Å². The molecule has 0 aromatic rings. The first-order chi connectivity index (χ1) is 11.5. The van der Waals surface area contributed by atoms with Crippen molar-refractivity contribution in [2.24, 2.45) is 11.8 Å². The molecule has 0 bridgehead atoms. The zero-order chi connectivity index (χ0) is 18.0. The summed E-state index contributed by atoms with van der Waals surface area (Å²) < 4.78 is 0. The molecule has 0 aromatic heterocycles. The Labute approximate surface area is 147 Å². The molecule has 1 unspecified atom stereocenters. The Morgan fingerprint density at radius 3 is 2.62 bits per heavy atom. The monoisotopic (exact) mass is 340 g/mol. The summed E-state index contributed by atoms with van der Waals surface area (Å²) in [7, 11) is 0. The standard InChI is InChI=1S/C20H36O4/c1-5-9-11-16(6-2)12-10-13-20(8-4)15-17(7-3)18(23-24-20)14-19(21)22/h9,11,16-18H,5-8,10,12-15H2,1-4H3,(H,21,22)/b11-9+/t16?,17-,18-,20-/m0/s1. The predicted molar refractivity (Wildman–Crippen MR) is 96.7 cm³/mol. The van der Waals surface area contributed by atoms with E-state index in [0.717, 1.165) is 38.5 Å². The third kappa shape index (κ3) is 6.56. The van der Waals surface area contributed by atoms with Crippen LogP contribution in [0.3, 0.4) is 0 Å². The van der Waals surface area contributed by atoms with Crippen molar-refractivity contribution in [1.82, 2.24) is 0 Å². The molecular weight excluding hydrogens is 304 g/mol. The normalized spacial score (nSPS) is 29.0. The van der Waals surface area contributed by atoms with Crippen molar-refractivity contribution in [2.75, 3.05) is 0 Å². The molecule has 1 N–H and O–H groups in total. The SMILES string of the molecule is CC/C=C/C(CC)CCC[C@@]1(CC)C[C@H](CC)[C@H](CC(=O)O)OO1. The number of hydrogen-bond donors (Lipinski definition) is 1. The Balaban J connectivity index is 2.57. The van der Waals surface area contributed by atoms with Crippen molar-refractivity contribution in [3.63, 3.8) is 0 Å². The highest BCUT2D eigenvalue weighted by atomic mass is 17.2. The smallest absolute Gasteiger partial charge is 0.306 e. The lowest BCUT2D eigenvalue weighted by Crippen LogP contribution is -2.45. The van der Waals surface area contributed by atoms with Gasteiger partial charge in [0.15, 0.2) is 0 Å². The molecule has 1 aliphatic rings. The maximum Gasteiger partial charge on any atom is 0.306 e. The molecule has 0 spiro atoms. The van der Waals surface area contributed by atoms with Crippen molar-refractivity contribution in [1.29, 1.82) is 0 Å². The number of aliphatic carboxylic acids is 1. The lowest BCUT2D eigenvalue weighted by atomic mass is 9.79. The summed E-state index contributed by atoms with van der Waals surface area (Å²) in [5.41, 5.74) is -0.248. The van der Waals surface area contributed by atoms with Crippen LogP contribution >= 0.6 is 0 Å². The van der Waals surface area contributed by atoms with Gasteiger partial charge in [-0.3, -0.25) is 4.79 Å². The highest BCUT2D eigenvalue weighted by Gasteiger charge is 2.42. The number of allylic oxidation sites excluding steroid dienone is 2. The minimum absolute atomic E-state index is 0.0258. The van der Waals surface area contributed by atoms with Crippen molar-refractivity contribution in [2.45, 2.75) is 97.2 Å². The summed E-state index contributed by atoms with van der Waals surface area (Å²) in [6.45, 7) is 8.66. The van der Waals surface area contributed by atoms with E-state index in [1.165, 1.54) is 12.8 Å². The van der Waals surface area contributed by atoms with Crippen LogP contribution in [0.1, 0.15) is 85.5 Å². The number of hydrogen-bond acceptors (Lipinski definition) is 3. The zero-order valence-electron chi connectivity index (χ0n) is 15.9. The van der Waals surface area contributed by atoms with Gasteiger partial charge in [-0.1, -0.05) is 46.3 Å². The van der Waals surface area contributed by atoms with Crippen LogP contribution in [-0.4, -0.2) is 22.8 Å². The average molecular weight is 341 g/mol. The van der Waals surface area contributed by atoms with Crippen LogP contribution < -0.4 is 0 Å². The zero-order valence-corrected chi connectivity index (χ0v) is 15.9. The van der Waals surface area contributed by atoms with Gasteiger partial charge in [0.05, 0.1) is 6.42 Å². The third-order valence-electron chi connectivity index (χ3n) is 5.43. The number of carboxylic acid groups (broad SMARTS) is 1. The lowest BCUT2D eigenvalue weighted by Gasteiger charge is -2.42. The summed E-state index contributed by atoms with van der Waals surface area (Å²) in [5, 5.41) is 9.02. The molecule has 1 aliphatic heterocycles. The number of carbonyl (C=O) groups is 1. The minimum Gasteiger partial charge on any atom is -0.481 e. The van der Waals surface area contributed by atoms with E-state index in [1.54, 1.807) is 0 Å². The van der Waals surface area contributed by atoms with Crippen molar-refractivity contribution in [3.8, 4) is 0 Å². The van der Waals surface area contributed by atoms with E-state index in [0.29, 0.717) is 5.92 Å². The van der Waals surface area contributed by atoms with Crippen molar-refractivity contribution in [3.05, 3.63) is 12.2 Å². The lowest BCUT2D eigenvalue weighted by molar-refractivity contribution is -0.423. The van der Waals surface area contributed by atoms with Crippen LogP contribution in [0, 0.1) is 11.8 Å². The van der Waals surface area contributed by atoms with Crippen LogP contribution in [0.5, 0.6) is 0 Å². The molecule has 1 saturated heterocycles. The summed E-state index contributed by atoms with van der Waals surface area (Å²) in [5.74, 6) is 0.0846. The fourth-order valence-corrected chi connectivity index (χ4v) is 3.64. The fraction of sp³-hybridized carbons (Fsp3) is 0.850. The largest absolute Gasteiger partial charge is 0.481 e. The van der Waals surface area contributed by atoms with Gasteiger partial charge in [0.2, 0.25) is 0 Å². The second-order valence-electron chi connectivity index (χ2n) is 7.12. The minimum atomic E-state index is -0.820. The first-order valence-electron chi connectivity index (χ1n) is 9.73. The summed E-state index contributed by atoms with van der Waals surface area (Å²) in [4.78, 5) is 22.3. The fourth-order valence-electron chi connectivity index (χ4n) is 3.64. The topological polar surface area (TPSA) is 55.8 Å².